The van der Waals surface area contributed by atoms with Gasteiger partial charge in [0.1, 0.15) is 0 Å². The van der Waals surface area contributed by atoms with Crippen molar-refractivity contribution >= 4 is 0 Å². The lowest BCUT2D eigenvalue weighted by Gasteiger charge is -2.32. The van der Waals surface area contributed by atoms with Crippen LogP contribution >= 0.6 is 0 Å². The van der Waals surface area contributed by atoms with Crippen LogP contribution in [-0.4, -0.2) is 6.54 Å². The SMILES string of the molecule is NCC1(c2cccc(C(F)(F)F)c2)CCCCCC1. The summed E-state index contributed by atoms with van der Waals surface area (Å²) in [7, 11) is 0. The van der Waals surface area contributed by atoms with Gasteiger partial charge in [-0.05, 0) is 24.5 Å². The number of nitrogens with two attached hydrogens (primary N) is 1. The lowest BCUT2D eigenvalue weighted by atomic mass is 9.74. The molecule has 1 saturated carbocycles. The van der Waals surface area contributed by atoms with Gasteiger partial charge in [-0.3, -0.25) is 0 Å². The molecule has 1 fully saturated rings. The summed E-state index contributed by atoms with van der Waals surface area (Å²) in [5.41, 5.74) is 5.84. The summed E-state index contributed by atoms with van der Waals surface area (Å²) in [5.74, 6) is 0. The minimum absolute atomic E-state index is 0.266. The van der Waals surface area contributed by atoms with Crippen molar-refractivity contribution in [3.8, 4) is 0 Å². The van der Waals surface area contributed by atoms with E-state index in [2.05, 4.69) is 0 Å². The van der Waals surface area contributed by atoms with Gasteiger partial charge in [-0.1, -0.05) is 43.9 Å². The fourth-order valence-electron chi connectivity index (χ4n) is 3.04. The first kappa shape index (κ1) is 14.4. The van der Waals surface area contributed by atoms with Crippen LogP contribution in [0.1, 0.15) is 49.7 Å². The molecule has 19 heavy (non-hydrogen) atoms. The van der Waals surface area contributed by atoms with E-state index in [-0.39, 0.29) is 5.41 Å². The molecule has 0 heterocycles. The van der Waals surface area contributed by atoms with E-state index in [0.29, 0.717) is 6.54 Å². The minimum Gasteiger partial charge on any atom is -0.330 e. The fourth-order valence-corrected chi connectivity index (χ4v) is 3.04. The van der Waals surface area contributed by atoms with Crippen LogP contribution < -0.4 is 5.73 Å². The molecule has 0 aliphatic heterocycles. The molecule has 2 N–H and O–H groups in total. The number of hydrogen-bond acceptors (Lipinski definition) is 1. The van der Waals surface area contributed by atoms with Crippen LogP contribution in [0, 0.1) is 0 Å². The fraction of sp³-hybridized carbons (Fsp3) is 0.600. The highest BCUT2D eigenvalue weighted by atomic mass is 19.4. The number of rotatable bonds is 2. The third-order valence-corrected chi connectivity index (χ3v) is 4.25. The van der Waals surface area contributed by atoms with Crippen molar-refractivity contribution in [2.45, 2.75) is 50.1 Å². The zero-order valence-corrected chi connectivity index (χ0v) is 11.0. The lowest BCUT2D eigenvalue weighted by molar-refractivity contribution is -0.137. The maximum Gasteiger partial charge on any atom is 0.416 e. The summed E-state index contributed by atoms with van der Waals surface area (Å²) in [4.78, 5) is 0. The van der Waals surface area contributed by atoms with E-state index >= 15 is 0 Å². The Morgan fingerprint density at radius 1 is 1.05 bits per heavy atom. The Hall–Kier alpha value is -1.03. The Morgan fingerprint density at radius 2 is 1.68 bits per heavy atom. The Balaban J connectivity index is 2.37. The van der Waals surface area contributed by atoms with Crippen LogP contribution in [0.2, 0.25) is 0 Å². The second kappa shape index (κ2) is 5.53. The Bertz CT molecular complexity index is 418. The first-order valence-corrected chi connectivity index (χ1v) is 6.86. The maximum absolute atomic E-state index is 12.8. The summed E-state index contributed by atoms with van der Waals surface area (Å²) < 4.78 is 38.4. The lowest BCUT2D eigenvalue weighted by Crippen LogP contribution is -2.34. The molecular formula is C15H20F3N. The molecule has 1 aromatic carbocycles. The Kier molecular flexibility index (Phi) is 4.19. The highest BCUT2D eigenvalue weighted by molar-refractivity contribution is 5.32. The minimum atomic E-state index is -4.28. The van der Waals surface area contributed by atoms with Gasteiger partial charge >= 0.3 is 6.18 Å². The second-order valence-corrected chi connectivity index (χ2v) is 5.48. The van der Waals surface area contributed by atoms with E-state index < -0.39 is 11.7 Å². The second-order valence-electron chi connectivity index (χ2n) is 5.48. The van der Waals surface area contributed by atoms with Gasteiger partial charge in [0.2, 0.25) is 0 Å². The monoisotopic (exact) mass is 271 g/mol. The van der Waals surface area contributed by atoms with Crippen LogP contribution in [0.15, 0.2) is 24.3 Å². The molecule has 0 spiro atoms. The molecule has 2 rings (SSSR count). The summed E-state index contributed by atoms with van der Waals surface area (Å²) in [5, 5.41) is 0. The third-order valence-electron chi connectivity index (χ3n) is 4.25. The molecule has 0 amide bonds. The molecule has 0 aromatic heterocycles. The first-order chi connectivity index (χ1) is 8.98. The predicted molar refractivity (Wildman–Crippen MR) is 69.9 cm³/mol. The topological polar surface area (TPSA) is 26.0 Å². The molecule has 0 saturated heterocycles. The number of benzene rings is 1. The van der Waals surface area contributed by atoms with Gasteiger partial charge in [-0.2, -0.15) is 13.2 Å². The van der Waals surface area contributed by atoms with E-state index in [9.17, 15) is 13.2 Å². The van der Waals surface area contributed by atoms with Crippen molar-refractivity contribution in [3.63, 3.8) is 0 Å². The zero-order valence-electron chi connectivity index (χ0n) is 11.0. The van der Waals surface area contributed by atoms with Crippen molar-refractivity contribution in [1.29, 1.82) is 0 Å². The van der Waals surface area contributed by atoms with Gasteiger partial charge in [0, 0.05) is 12.0 Å². The smallest absolute Gasteiger partial charge is 0.330 e. The molecular weight excluding hydrogens is 251 g/mol. The van der Waals surface area contributed by atoms with Crippen molar-refractivity contribution in [2.24, 2.45) is 5.73 Å². The molecule has 1 aliphatic rings. The van der Waals surface area contributed by atoms with Gasteiger partial charge in [-0.15, -0.1) is 0 Å². The number of halogens is 3. The standard InChI is InChI=1S/C15H20F3N/c16-15(17,18)13-7-5-6-12(10-13)14(11-19)8-3-1-2-4-9-14/h5-7,10H,1-4,8-9,11,19H2. The summed E-state index contributed by atoms with van der Waals surface area (Å²) in [6.45, 7) is 0.425. The van der Waals surface area contributed by atoms with E-state index in [1.54, 1.807) is 6.07 Å². The van der Waals surface area contributed by atoms with Gasteiger partial charge in [0.05, 0.1) is 5.56 Å². The largest absolute Gasteiger partial charge is 0.416 e. The van der Waals surface area contributed by atoms with Gasteiger partial charge in [-0.25, -0.2) is 0 Å². The van der Waals surface area contributed by atoms with E-state index in [0.717, 1.165) is 50.2 Å². The van der Waals surface area contributed by atoms with Gasteiger partial charge < -0.3 is 5.73 Å². The molecule has 1 aromatic rings. The Labute approximate surface area is 112 Å². The summed E-state index contributed by atoms with van der Waals surface area (Å²) >= 11 is 0. The van der Waals surface area contributed by atoms with Gasteiger partial charge in [0.15, 0.2) is 0 Å². The number of alkyl halides is 3. The highest BCUT2D eigenvalue weighted by Crippen LogP contribution is 2.39. The third kappa shape index (κ3) is 3.11. The van der Waals surface area contributed by atoms with Crippen LogP contribution in [-0.2, 0) is 11.6 Å². The zero-order chi connectivity index (χ0) is 13.9. The first-order valence-electron chi connectivity index (χ1n) is 6.86. The van der Waals surface area contributed by atoms with Crippen molar-refractivity contribution in [2.75, 3.05) is 6.54 Å². The van der Waals surface area contributed by atoms with Crippen molar-refractivity contribution in [1.82, 2.24) is 0 Å². The predicted octanol–water partition coefficient (Wildman–Crippen LogP) is 4.26. The van der Waals surface area contributed by atoms with Gasteiger partial charge in [0.25, 0.3) is 0 Å². The van der Waals surface area contributed by atoms with Crippen LogP contribution in [0.5, 0.6) is 0 Å². The van der Waals surface area contributed by atoms with E-state index in [1.165, 1.54) is 12.1 Å². The Morgan fingerprint density at radius 3 is 2.21 bits per heavy atom. The normalized spacial score (nSPS) is 20.0. The highest BCUT2D eigenvalue weighted by Gasteiger charge is 2.35. The molecule has 0 atom stereocenters. The average molecular weight is 271 g/mol. The van der Waals surface area contributed by atoms with E-state index in [1.807, 2.05) is 0 Å². The maximum atomic E-state index is 12.8. The molecule has 106 valence electrons. The molecule has 1 aliphatic carbocycles. The number of hydrogen-bond donors (Lipinski definition) is 1. The van der Waals surface area contributed by atoms with Crippen molar-refractivity contribution < 1.29 is 13.2 Å². The molecule has 4 heteroatoms. The quantitative estimate of drug-likeness (QED) is 0.799. The molecule has 1 nitrogen and oxygen atoms in total. The van der Waals surface area contributed by atoms with Crippen molar-refractivity contribution in [3.05, 3.63) is 35.4 Å². The molecule has 0 bridgehead atoms. The molecule has 0 unspecified atom stereocenters. The summed E-state index contributed by atoms with van der Waals surface area (Å²) in [6.07, 6.45) is 1.91. The average Bonchev–Trinajstić information content (AvgIpc) is 2.64. The molecule has 0 radical (unpaired) electrons. The van der Waals surface area contributed by atoms with Crippen LogP contribution in [0.4, 0.5) is 13.2 Å². The summed E-state index contributed by atoms with van der Waals surface area (Å²) in [6, 6.07) is 5.72. The van der Waals surface area contributed by atoms with E-state index in [4.69, 9.17) is 5.73 Å². The van der Waals surface area contributed by atoms with Crippen LogP contribution in [0.25, 0.3) is 0 Å². The van der Waals surface area contributed by atoms with Crippen LogP contribution in [0.3, 0.4) is 0 Å².